The SMILES string of the molecule is CNCC(O)C(c1ccccc1)N1CCc2cc(NC(=O)c3ccccc3)ccc21. The van der Waals surface area contributed by atoms with Crippen LogP contribution < -0.4 is 15.5 Å². The van der Waals surface area contributed by atoms with Crippen molar-refractivity contribution in [1.29, 1.82) is 0 Å². The van der Waals surface area contributed by atoms with Gasteiger partial charge in [-0.1, -0.05) is 48.5 Å². The highest BCUT2D eigenvalue weighted by atomic mass is 16.3. The number of nitrogens with zero attached hydrogens (tertiary/aromatic N) is 1. The second-order valence-electron chi connectivity index (χ2n) is 7.59. The Morgan fingerprint density at radius 1 is 1.03 bits per heavy atom. The molecule has 5 nitrogen and oxygen atoms in total. The van der Waals surface area contributed by atoms with Crippen LogP contribution in [0.4, 0.5) is 11.4 Å². The Labute approximate surface area is 177 Å². The number of carbonyl (C=O) groups is 1. The predicted molar refractivity (Wildman–Crippen MR) is 121 cm³/mol. The fraction of sp³-hybridized carbons (Fsp3) is 0.240. The molecule has 3 aromatic rings. The van der Waals surface area contributed by atoms with Crippen LogP contribution in [0, 0.1) is 0 Å². The van der Waals surface area contributed by atoms with Gasteiger partial charge in [-0.25, -0.2) is 0 Å². The number of fused-ring (bicyclic) bond motifs is 1. The van der Waals surface area contributed by atoms with Crippen molar-refractivity contribution in [2.24, 2.45) is 0 Å². The van der Waals surface area contributed by atoms with Gasteiger partial charge in [0.25, 0.3) is 5.91 Å². The average Bonchev–Trinajstić information content (AvgIpc) is 3.18. The van der Waals surface area contributed by atoms with Crippen molar-refractivity contribution in [3.05, 3.63) is 95.6 Å². The first-order chi connectivity index (χ1) is 14.7. The van der Waals surface area contributed by atoms with Gasteiger partial charge in [0.1, 0.15) is 0 Å². The molecule has 0 bridgehead atoms. The van der Waals surface area contributed by atoms with E-state index < -0.39 is 6.10 Å². The van der Waals surface area contributed by atoms with Gasteiger partial charge in [-0.3, -0.25) is 4.79 Å². The molecule has 0 aromatic heterocycles. The number of likely N-dealkylation sites (N-methyl/N-ethyl adjacent to an activating group) is 1. The number of anilines is 2. The minimum atomic E-state index is -0.541. The van der Waals surface area contributed by atoms with E-state index in [1.807, 2.05) is 61.6 Å². The third-order valence-electron chi connectivity index (χ3n) is 5.56. The van der Waals surface area contributed by atoms with E-state index in [4.69, 9.17) is 0 Å². The van der Waals surface area contributed by atoms with Crippen LogP contribution >= 0.6 is 0 Å². The van der Waals surface area contributed by atoms with Gasteiger partial charge >= 0.3 is 0 Å². The number of aliphatic hydroxyl groups is 1. The molecule has 0 saturated heterocycles. The average molecular weight is 402 g/mol. The second-order valence-corrected chi connectivity index (χ2v) is 7.59. The maximum Gasteiger partial charge on any atom is 0.255 e. The highest BCUT2D eigenvalue weighted by molar-refractivity contribution is 6.04. The van der Waals surface area contributed by atoms with Crippen LogP contribution in [0.25, 0.3) is 0 Å². The van der Waals surface area contributed by atoms with Crippen molar-refractivity contribution < 1.29 is 9.90 Å². The largest absolute Gasteiger partial charge is 0.389 e. The molecule has 0 aliphatic carbocycles. The minimum absolute atomic E-state index is 0.114. The molecule has 4 rings (SSSR count). The van der Waals surface area contributed by atoms with Gasteiger partial charge in [0, 0.05) is 30.0 Å². The van der Waals surface area contributed by atoms with Crippen LogP contribution in [0.2, 0.25) is 0 Å². The lowest BCUT2D eigenvalue weighted by Gasteiger charge is -2.34. The molecule has 1 aliphatic rings. The summed E-state index contributed by atoms with van der Waals surface area (Å²) in [5.74, 6) is -0.114. The summed E-state index contributed by atoms with van der Waals surface area (Å²) in [7, 11) is 1.85. The molecule has 3 N–H and O–H groups in total. The first-order valence-corrected chi connectivity index (χ1v) is 10.3. The minimum Gasteiger partial charge on any atom is -0.389 e. The molecular weight excluding hydrogens is 374 g/mol. The number of hydrogen-bond acceptors (Lipinski definition) is 4. The molecule has 5 heteroatoms. The highest BCUT2D eigenvalue weighted by Crippen LogP contribution is 2.38. The zero-order chi connectivity index (χ0) is 20.9. The quantitative estimate of drug-likeness (QED) is 0.566. The maximum atomic E-state index is 12.5. The molecule has 0 radical (unpaired) electrons. The zero-order valence-electron chi connectivity index (χ0n) is 17.1. The van der Waals surface area contributed by atoms with Crippen molar-refractivity contribution in [3.63, 3.8) is 0 Å². The van der Waals surface area contributed by atoms with E-state index in [9.17, 15) is 9.90 Å². The third kappa shape index (κ3) is 4.22. The summed E-state index contributed by atoms with van der Waals surface area (Å²) in [5, 5.41) is 17.0. The number of benzene rings is 3. The number of rotatable bonds is 7. The van der Waals surface area contributed by atoms with Gasteiger partial charge in [0.2, 0.25) is 0 Å². The van der Waals surface area contributed by atoms with Gasteiger partial charge in [0.15, 0.2) is 0 Å². The van der Waals surface area contributed by atoms with Crippen molar-refractivity contribution in [3.8, 4) is 0 Å². The first kappa shape index (κ1) is 20.1. The highest BCUT2D eigenvalue weighted by Gasteiger charge is 2.32. The van der Waals surface area contributed by atoms with Gasteiger partial charge in [-0.2, -0.15) is 0 Å². The summed E-state index contributed by atoms with van der Waals surface area (Å²) in [6, 6.07) is 25.2. The maximum absolute atomic E-state index is 12.5. The van der Waals surface area contributed by atoms with E-state index in [1.165, 1.54) is 5.56 Å². The van der Waals surface area contributed by atoms with Crippen LogP contribution in [-0.4, -0.2) is 37.3 Å². The molecule has 1 amide bonds. The second kappa shape index (κ2) is 9.11. The van der Waals surface area contributed by atoms with E-state index in [0.717, 1.165) is 29.9 Å². The van der Waals surface area contributed by atoms with Gasteiger partial charge in [0.05, 0.1) is 12.1 Å². The zero-order valence-corrected chi connectivity index (χ0v) is 17.1. The number of hydrogen-bond donors (Lipinski definition) is 3. The molecule has 2 atom stereocenters. The van der Waals surface area contributed by atoms with Crippen molar-refractivity contribution >= 4 is 17.3 Å². The van der Waals surface area contributed by atoms with E-state index in [0.29, 0.717) is 12.1 Å². The number of nitrogens with one attached hydrogen (secondary N) is 2. The summed E-state index contributed by atoms with van der Waals surface area (Å²) in [4.78, 5) is 14.7. The molecule has 0 saturated carbocycles. The molecule has 2 unspecified atom stereocenters. The summed E-state index contributed by atoms with van der Waals surface area (Å²) < 4.78 is 0. The van der Waals surface area contributed by atoms with Crippen molar-refractivity contribution in [2.75, 3.05) is 30.4 Å². The molecule has 1 aliphatic heterocycles. The smallest absolute Gasteiger partial charge is 0.255 e. The Hall–Kier alpha value is -3.15. The number of amides is 1. The fourth-order valence-electron chi connectivity index (χ4n) is 4.17. The molecule has 0 spiro atoms. The molecular formula is C25H27N3O2. The summed E-state index contributed by atoms with van der Waals surface area (Å²) in [5.41, 5.74) is 4.81. The Kier molecular flexibility index (Phi) is 6.12. The molecule has 3 aromatic carbocycles. The Morgan fingerprint density at radius 2 is 1.73 bits per heavy atom. The van der Waals surface area contributed by atoms with E-state index in [1.54, 1.807) is 12.1 Å². The number of carbonyl (C=O) groups excluding carboxylic acids is 1. The Bertz CT molecular complexity index is 992. The predicted octanol–water partition coefficient (Wildman–Crippen LogP) is 3.62. The lowest BCUT2D eigenvalue weighted by Crippen LogP contribution is -2.40. The van der Waals surface area contributed by atoms with Gasteiger partial charge < -0.3 is 20.6 Å². The Balaban J connectivity index is 1.58. The van der Waals surface area contributed by atoms with E-state index >= 15 is 0 Å². The van der Waals surface area contributed by atoms with Crippen LogP contribution in [0.15, 0.2) is 78.9 Å². The third-order valence-corrected chi connectivity index (χ3v) is 5.56. The molecule has 30 heavy (non-hydrogen) atoms. The van der Waals surface area contributed by atoms with Gasteiger partial charge in [-0.05, 0) is 54.9 Å². The van der Waals surface area contributed by atoms with Crippen molar-refractivity contribution in [1.82, 2.24) is 5.32 Å². The standard InChI is InChI=1S/C25H27N3O2/c1-26-17-23(29)24(18-8-4-2-5-9-18)28-15-14-20-16-21(12-13-22(20)28)27-25(30)19-10-6-3-7-11-19/h2-13,16,23-24,26,29H,14-15,17H2,1H3,(H,27,30). The van der Waals surface area contributed by atoms with Crippen LogP contribution in [0.5, 0.6) is 0 Å². The van der Waals surface area contributed by atoms with E-state index in [2.05, 4.69) is 27.7 Å². The molecule has 1 heterocycles. The molecule has 154 valence electrons. The van der Waals surface area contributed by atoms with Gasteiger partial charge in [-0.15, -0.1) is 0 Å². The van der Waals surface area contributed by atoms with Crippen LogP contribution in [-0.2, 0) is 6.42 Å². The summed E-state index contributed by atoms with van der Waals surface area (Å²) >= 11 is 0. The van der Waals surface area contributed by atoms with Crippen LogP contribution in [0.3, 0.4) is 0 Å². The normalized spacial score (nSPS) is 14.8. The summed E-state index contributed by atoms with van der Waals surface area (Å²) in [6.07, 6.45) is 0.334. The first-order valence-electron chi connectivity index (χ1n) is 10.3. The lowest BCUT2D eigenvalue weighted by molar-refractivity contribution is 0.102. The van der Waals surface area contributed by atoms with E-state index in [-0.39, 0.29) is 11.9 Å². The molecule has 0 fully saturated rings. The lowest BCUT2D eigenvalue weighted by atomic mass is 9.99. The fourth-order valence-corrected chi connectivity index (χ4v) is 4.17. The topological polar surface area (TPSA) is 64.6 Å². The number of aliphatic hydroxyl groups excluding tert-OH is 1. The Morgan fingerprint density at radius 3 is 2.43 bits per heavy atom. The van der Waals surface area contributed by atoms with Crippen molar-refractivity contribution in [2.45, 2.75) is 18.6 Å². The summed E-state index contributed by atoms with van der Waals surface area (Å²) in [6.45, 7) is 1.34. The van der Waals surface area contributed by atoms with Crippen LogP contribution in [0.1, 0.15) is 27.5 Å². The monoisotopic (exact) mass is 401 g/mol.